The zero-order valence-corrected chi connectivity index (χ0v) is 13.0. The van der Waals surface area contributed by atoms with Gasteiger partial charge >= 0.3 is 5.97 Å². The van der Waals surface area contributed by atoms with Crippen LogP contribution in [-0.4, -0.2) is 23.5 Å². The summed E-state index contributed by atoms with van der Waals surface area (Å²) in [6.07, 6.45) is 3.17. The molecule has 1 N–H and O–H groups in total. The Morgan fingerprint density at radius 2 is 1.91 bits per heavy atom. The standard InChI is InChI=1S/C19H18O4/c1-12-4-2-7-16(18(12)21)19(22)23-11-17(20)15-9-8-13-5-3-6-14(13)10-15/h2,4,7-10,21H,3,5-6,11H2,1H3. The van der Waals surface area contributed by atoms with E-state index in [0.717, 1.165) is 19.3 Å². The molecule has 4 nitrogen and oxygen atoms in total. The molecule has 3 rings (SSSR count). The molecule has 0 spiro atoms. The molecule has 0 unspecified atom stereocenters. The molecule has 0 bridgehead atoms. The van der Waals surface area contributed by atoms with E-state index >= 15 is 0 Å². The van der Waals surface area contributed by atoms with Gasteiger partial charge in [-0.1, -0.05) is 24.3 Å². The minimum atomic E-state index is -0.694. The highest BCUT2D eigenvalue weighted by Gasteiger charge is 2.18. The first-order valence-corrected chi connectivity index (χ1v) is 7.67. The Hall–Kier alpha value is -2.62. The van der Waals surface area contributed by atoms with Gasteiger partial charge in [-0.15, -0.1) is 0 Å². The van der Waals surface area contributed by atoms with Gasteiger partial charge in [-0.05, 0) is 55.0 Å². The maximum atomic E-state index is 12.2. The van der Waals surface area contributed by atoms with Gasteiger partial charge in [0.2, 0.25) is 0 Å². The van der Waals surface area contributed by atoms with Crippen LogP contribution in [0, 0.1) is 6.92 Å². The number of Topliss-reactive ketones (excluding diaryl/α,β-unsaturated/α-hetero) is 1. The molecule has 2 aromatic carbocycles. The van der Waals surface area contributed by atoms with Crippen molar-refractivity contribution in [3.63, 3.8) is 0 Å². The van der Waals surface area contributed by atoms with Crippen LogP contribution in [0.3, 0.4) is 0 Å². The van der Waals surface area contributed by atoms with E-state index in [1.807, 2.05) is 12.1 Å². The average molecular weight is 310 g/mol. The van der Waals surface area contributed by atoms with Gasteiger partial charge in [-0.25, -0.2) is 4.79 Å². The minimum Gasteiger partial charge on any atom is -0.507 e. The van der Waals surface area contributed by atoms with Crippen LogP contribution in [0.1, 0.15) is 43.8 Å². The molecule has 23 heavy (non-hydrogen) atoms. The molecule has 1 aliphatic carbocycles. The summed E-state index contributed by atoms with van der Waals surface area (Å²) in [5.41, 5.74) is 3.73. The number of fused-ring (bicyclic) bond motifs is 1. The summed E-state index contributed by atoms with van der Waals surface area (Å²) in [7, 11) is 0. The molecule has 0 amide bonds. The summed E-state index contributed by atoms with van der Waals surface area (Å²) in [4.78, 5) is 24.2. The monoisotopic (exact) mass is 310 g/mol. The van der Waals surface area contributed by atoms with Crippen molar-refractivity contribution in [2.24, 2.45) is 0 Å². The number of ketones is 1. The largest absolute Gasteiger partial charge is 0.507 e. The number of aryl methyl sites for hydroxylation is 3. The maximum Gasteiger partial charge on any atom is 0.342 e. The summed E-state index contributed by atoms with van der Waals surface area (Å²) in [5, 5.41) is 9.87. The van der Waals surface area contributed by atoms with Gasteiger partial charge in [0, 0.05) is 5.56 Å². The fourth-order valence-corrected chi connectivity index (χ4v) is 2.86. The molecule has 0 fully saturated rings. The highest BCUT2D eigenvalue weighted by Crippen LogP contribution is 2.24. The van der Waals surface area contributed by atoms with Crippen LogP contribution < -0.4 is 0 Å². The van der Waals surface area contributed by atoms with E-state index in [9.17, 15) is 14.7 Å². The number of phenols is 1. The lowest BCUT2D eigenvalue weighted by Crippen LogP contribution is -2.14. The van der Waals surface area contributed by atoms with E-state index in [1.54, 1.807) is 25.1 Å². The Morgan fingerprint density at radius 3 is 2.74 bits per heavy atom. The predicted octanol–water partition coefficient (Wildman–Crippen LogP) is 3.23. The molecular weight excluding hydrogens is 292 g/mol. The fraction of sp³-hybridized carbons (Fsp3) is 0.263. The fourth-order valence-electron chi connectivity index (χ4n) is 2.86. The molecule has 0 heterocycles. The molecule has 0 atom stereocenters. The molecule has 0 saturated carbocycles. The number of hydrogen-bond donors (Lipinski definition) is 1. The Labute approximate surface area is 134 Å². The summed E-state index contributed by atoms with van der Waals surface area (Å²) in [5.74, 6) is -1.04. The van der Waals surface area contributed by atoms with Crippen LogP contribution in [0.5, 0.6) is 5.75 Å². The lowest BCUT2D eigenvalue weighted by Gasteiger charge is -2.08. The smallest absolute Gasteiger partial charge is 0.342 e. The first-order valence-electron chi connectivity index (χ1n) is 7.67. The average Bonchev–Trinajstić information content (AvgIpc) is 3.02. The maximum absolute atomic E-state index is 12.2. The van der Waals surface area contributed by atoms with E-state index in [2.05, 4.69) is 0 Å². The molecule has 4 heteroatoms. The highest BCUT2D eigenvalue weighted by molar-refractivity contribution is 6.00. The van der Waals surface area contributed by atoms with Crippen molar-refractivity contribution in [3.05, 3.63) is 64.2 Å². The summed E-state index contributed by atoms with van der Waals surface area (Å²) < 4.78 is 5.05. The quantitative estimate of drug-likeness (QED) is 0.695. The van der Waals surface area contributed by atoms with Crippen molar-refractivity contribution in [1.82, 2.24) is 0 Å². The van der Waals surface area contributed by atoms with Crippen LogP contribution in [0.15, 0.2) is 36.4 Å². The predicted molar refractivity (Wildman–Crippen MR) is 85.9 cm³/mol. The Kier molecular flexibility index (Phi) is 4.15. The Morgan fingerprint density at radius 1 is 1.13 bits per heavy atom. The van der Waals surface area contributed by atoms with Gasteiger partial charge in [-0.2, -0.15) is 0 Å². The number of esters is 1. The SMILES string of the molecule is Cc1cccc(C(=O)OCC(=O)c2ccc3c(c2)CCC3)c1O. The first kappa shape index (κ1) is 15.3. The number of benzene rings is 2. The zero-order valence-electron chi connectivity index (χ0n) is 13.0. The van der Waals surface area contributed by atoms with E-state index in [1.165, 1.54) is 17.2 Å². The summed E-state index contributed by atoms with van der Waals surface area (Å²) >= 11 is 0. The van der Waals surface area contributed by atoms with Crippen molar-refractivity contribution in [2.75, 3.05) is 6.61 Å². The number of carbonyl (C=O) groups excluding carboxylic acids is 2. The van der Waals surface area contributed by atoms with Crippen molar-refractivity contribution in [1.29, 1.82) is 0 Å². The molecule has 1 aliphatic rings. The Balaban J connectivity index is 1.67. The minimum absolute atomic E-state index is 0.0757. The van der Waals surface area contributed by atoms with Gasteiger partial charge in [0.25, 0.3) is 0 Å². The molecule has 2 aromatic rings. The van der Waals surface area contributed by atoms with E-state index in [0.29, 0.717) is 11.1 Å². The third-order valence-electron chi connectivity index (χ3n) is 4.21. The van der Waals surface area contributed by atoms with Gasteiger partial charge in [-0.3, -0.25) is 4.79 Å². The molecule has 0 saturated heterocycles. The molecular formula is C19H18O4. The number of phenolic OH excluding ortho intramolecular Hbond substituents is 1. The topological polar surface area (TPSA) is 63.6 Å². The van der Waals surface area contributed by atoms with E-state index in [4.69, 9.17) is 4.74 Å². The number of ether oxygens (including phenoxy) is 1. The van der Waals surface area contributed by atoms with Crippen molar-refractivity contribution < 1.29 is 19.4 Å². The van der Waals surface area contributed by atoms with Crippen LogP contribution in [0.25, 0.3) is 0 Å². The summed E-state index contributed by atoms with van der Waals surface area (Å²) in [6.45, 7) is 1.37. The normalized spacial score (nSPS) is 12.7. The first-order chi connectivity index (χ1) is 11.1. The Bertz CT molecular complexity index is 777. The molecule has 118 valence electrons. The van der Waals surface area contributed by atoms with Gasteiger partial charge < -0.3 is 9.84 Å². The van der Waals surface area contributed by atoms with Gasteiger partial charge in [0.1, 0.15) is 11.3 Å². The number of para-hydroxylation sites is 1. The van der Waals surface area contributed by atoms with E-state index in [-0.39, 0.29) is 23.7 Å². The number of hydrogen-bond acceptors (Lipinski definition) is 4. The van der Waals surface area contributed by atoms with Crippen LogP contribution in [0.4, 0.5) is 0 Å². The van der Waals surface area contributed by atoms with Crippen LogP contribution in [-0.2, 0) is 17.6 Å². The van der Waals surface area contributed by atoms with Crippen molar-refractivity contribution >= 4 is 11.8 Å². The lowest BCUT2D eigenvalue weighted by atomic mass is 10.0. The third-order valence-corrected chi connectivity index (χ3v) is 4.21. The van der Waals surface area contributed by atoms with Crippen LogP contribution in [0.2, 0.25) is 0 Å². The van der Waals surface area contributed by atoms with E-state index < -0.39 is 5.97 Å². The molecule has 0 aliphatic heterocycles. The molecule has 0 aromatic heterocycles. The number of carbonyl (C=O) groups is 2. The molecule has 0 radical (unpaired) electrons. The van der Waals surface area contributed by atoms with Gasteiger partial charge in [0.05, 0.1) is 0 Å². The van der Waals surface area contributed by atoms with Crippen LogP contribution >= 0.6 is 0 Å². The summed E-state index contributed by atoms with van der Waals surface area (Å²) in [6, 6.07) is 10.5. The highest BCUT2D eigenvalue weighted by atomic mass is 16.5. The van der Waals surface area contributed by atoms with Crippen molar-refractivity contribution in [3.8, 4) is 5.75 Å². The van der Waals surface area contributed by atoms with Gasteiger partial charge in [0.15, 0.2) is 12.4 Å². The second-order valence-electron chi connectivity index (χ2n) is 5.81. The second-order valence-corrected chi connectivity index (χ2v) is 5.81. The van der Waals surface area contributed by atoms with Crippen molar-refractivity contribution in [2.45, 2.75) is 26.2 Å². The second kappa shape index (κ2) is 6.24. The number of aromatic hydroxyl groups is 1. The third kappa shape index (κ3) is 3.11. The zero-order chi connectivity index (χ0) is 16.4. The number of rotatable bonds is 4. The lowest BCUT2D eigenvalue weighted by molar-refractivity contribution is 0.0471.